The first kappa shape index (κ1) is 12.6. The smallest absolute Gasteiger partial charge is 0.204 e. The number of halogens is 1. The van der Waals surface area contributed by atoms with Crippen molar-refractivity contribution < 1.29 is 4.74 Å². The number of aromatic nitrogens is 2. The van der Waals surface area contributed by atoms with Crippen LogP contribution in [0.4, 0.5) is 17.3 Å². The minimum atomic E-state index is 0.583. The first-order chi connectivity index (χ1) is 8.74. The zero-order valence-electron chi connectivity index (χ0n) is 10.1. The Morgan fingerprint density at radius 1 is 1.22 bits per heavy atom. The first-order valence-electron chi connectivity index (χ1n) is 5.34. The van der Waals surface area contributed by atoms with Gasteiger partial charge in [0.1, 0.15) is 6.33 Å². The molecule has 18 heavy (non-hydrogen) atoms. The summed E-state index contributed by atoms with van der Waals surface area (Å²) in [5.74, 6) is 1.85. The molecular weight excluding hydrogens is 296 g/mol. The fourth-order valence-corrected chi connectivity index (χ4v) is 1.94. The maximum atomic E-state index is 5.31. The highest BCUT2D eigenvalue weighted by atomic mass is 79.9. The summed E-state index contributed by atoms with van der Waals surface area (Å²) in [4.78, 5) is 8.27. The van der Waals surface area contributed by atoms with E-state index in [9.17, 15) is 0 Å². The Hall–Kier alpha value is -1.82. The highest BCUT2D eigenvalue weighted by Gasteiger charge is 2.10. The molecule has 0 aliphatic heterocycles. The molecule has 2 N–H and O–H groups in total. The molecule has 1 aromatic carbocycles. The van der Waals surface area contributed by atoms with Gasteiger partial charge >= 0.3 is 0 Å². The van der Waals surface area contributed by atoms with Crippen LogP contribution in [0.5, 0.6) is 5.75 Å². The summed E-state index contributed by atoms with van der Waals surface area (Å²) in [6, 6.07) is 7.81. The summed E-state index contributed by atoms with van der Waals surface area (Å²) in [6.07, 6.45) is 1.48. The predicted octanol–water partition coefficient (Wildman–Crippen LogP) is 3.03. The Morgan fingerprint density at radius 2 is 2.00 bits per heavy atom. The number of anilines is 3. The normalized spacial score (nSPS) is 9.94. The van der Waals surface area contributed by atoms with Crippen molar-refractivity contribution in [2.75, 3.05) is 24.8 Å². The van der Waals surface area contributed by atoms with E-state index in [0.29, 0.717) is 17.4 Å². The van der Waals surface area contributed by atoms with Crippen LogP contribution in [0, 0.1) is 0 Å². The molecule has 0 bridgehead atoms. The maximum absolute atomic E-state index is 5.31. The molecule has 0 aliphatic carbocycles. The number of rotatable bonds is 4. The second kappa shape index (κ2) is 5.68. The fourth-order valence-electron chi connectivity index (χ4n) is 1.54. The van der Waals surface area contributed by atoms with Gasteiger partial charge in [-0.05, 0) is 18.2 Å². The van der Waals surface area contributed by atoms with Crippen molar-refractivity contribution in [2.45, 2.75) is 0 Å². The molecule has 0 amide bonds. The lowest BCUT2D eigenvalue weighted by Gasteiger charge is -2.12. The van der Waals surface area contributed by atoms with Gasteiger partial charge in [-0.2, -0.15) is 0 Å². The Kier molecular flexibility index (Phi) is 3.99. The van der Waals surface area contributed by atoms with E-state index < -0.39 is 0 Å². The molecule has 2 rings (SSSR count). The van der Waals surface area contributed by atoms with Crippen LogP contribution >= 0.6 is 15.9 Å². The number of ether oxygens (including phenoxy) is 1. The molecule has 1 heterocycles. The summed E-state index contributed by atoms with van der Waals surface area (Å²) in [6.45, 7) is 0. The topological polar surface area (TPSA) is 59.1 Å². The Labute approximate surface area is 114 Å². The number of hydrogen-bond donors (Lipinski definition) is 2. The van der Waals surface area contributed by atoms with Crippen LogP contribution in [0.25, 0.3) is 0 Å². The van der Waals surface area contributed by atoms with Gasteiger partial charge in [-0.25, -0.2) is 9.97 Å². The number of hydrogen-bond acceptors (Lipinski definition) is 5. The van der Waals surface area contributed by atoms with Crippen LogP contribution in [0.3, 0.4) is 0 Å². The summed E-state index contributed by atoms with van der Waals surface area (Å²) in [5.41, 5.74) is 0.920. The van der Waals surface area contributed by atoms with Gasteiger partial charge in [0.25, 0.3) is 0 Å². The van der Waals surface area contributed by atoms with E-state index in [-0.39, 0.29) is 0 Å². The summed E-state index contributed by atoms with van der Waals surface area (Å²) in [7, 11) is 3.37. The zero-order valence-corrected chi connectivity index (χ0v) is 11.7. The number of methoxy groups -OCH3 is 1. The highest BCUT2D eigenvalue weighted by Crippen LogP contribution is 2.31. The molecule has 1 aromatic heterocycles. The van der Waals surface area contributed by atoms with Gasteiger partial charge in [0.05, 0.1) is 7.11 Å². The molecule has 0 unspecified atom stereocenters. The van der Waals surface area contributed by atoms with Gasteiger partial charge in [-0.15, -0.1) is 0 Å². The lowest BCUT2D eigenvalue weighted by Crippen LogP contribution is -2.03. The highest BCUT2D eigenvalue weighted by molar-refractivity contribution is 9.10. The molecule has 0 aliphatic rings. The van der Waals surface area contributed by atoms with Crippen LogP contribution in [-0.4, -0.2) is 24.1 Å². The molecule has 5 nitrogen and oxygen atoms in total. The lowest BCUT2D eigenvalue weighted by atomic mass is 10.3. The average molecular weight is 309 g/mol. The minimum absolute atomic E-state index is 0.583. The van der Waals surface area contributed by atoms with Crippen LogP contribution in [0.2, 0.25) is 0 Å². The predicted molar refractivity (Wildman–Crippen MR) is 75.6 cm³/mol. The standard InChI is InChI=1S/C12H13BrN4O/c1-14-11-10(18-2)12(16-7-15-11)17-9-5-3-4-8(13)6-9/h3-7H,1-2H3,(H2,14,15,16,17). The second-order valence-electron chi connectivity index (χ2n) is 3.49. The molecule has 2 aromatic rings. The average Bonchev–Trinajstić information content (AvgIpc) is 2.38. The van der Waals surface area contributed by atoms with Crippen molar-refractivity contribution in [2.24, 2.45) is 0 Å². The van der Waals surface area contributed by atoms with Gasteiger partial charge in [0, 0.05) is 17.2 Å². The van der Waals surface area contributed by atoms with E-state index in [0.717, 1.165) is 10.2 Å². The summed E-state index contributed by atoms with van der Waals surface area (Å²) in [5, 5.41) is 6.15. The molecule has 0 radical (unpaired) electrons. The van der Waals surface area contributed by atoms with Crippen LogP contribution in [0.15, 0.2) is 35.1 Å². The first-order valence-corrected chi connectivity index (χ1v) is 6.13. The van der Waals surface area contributed by atoms with Gasteiger partial charge in [0.15, 0.2) is 11.6 Å². The second-order valence-corrected chi connectivity index (χ2v) is 4.41. The molecule has 6 heteroatoms. The number of nitrogens with one attached hydrogen (secondary N) is 2. The van der Waals surface area contributed by atoms with E-state index in [2.05, 4.69) is 36.5 Å². The summed E-state index contributed by atoms with van der Waals surface area (Å²) >= 11 is 3.42. The van der Waals surface area contributed by atoms with Gasteiger partial charge < -0.3 is 15.4 Å². The van der Waals surface area contributed by atoms with Crippen molar-refractivity contribution in [3.8, 4) is 5.75 Å². The van der Waals surface area contributed by atoms with Crippen molar-refractivity contribution in [3.05, 3.63) is 35.1 Å². The third kappa shape index (κ3) is 2.70. The third-order valence-electron chi connectivity index (χ3n) is 2.33. The molecule has 0 fully saturated rings. The van der Waals surface area contributed by atoms with E-state index in [4.69, 9.17) is 4.74 Å². The Morgan fingerprint density at radius 3 is 2.67 bits per heavy atom. The SMILES string of the molecule is CNc1ncnc(Nc2cccc(Br)c2)c1OC. The number of benzene rings is 1. The van der Waals surface area contributed by atoms with Crippen LogP contribution < -0.4 is 15.4 Å². The van der Waals surface area contributed by atoms with Crippen LogP contribution in [0.1, 0.15) is 0 Å². The van der Waals surface area contributed by atoms with Crippen molar-refractivity contribution >= 4 is 33.3 Å². The lowest BCUT2D eigenvalue weighted by molar-refractivity contribution is 0.415. The fraction of sp³-hybridized carbons (Fsp3) is 0.167. The van der Waals surface area contributed by atoms with E-state index in [1.165, 1.54) is 6.33 Å². The van der Waals surface area contributed by atoms with Gasteiger partial charge in [0.2, 0.25) is 5.75 Å². The number of nitrogens with zero attached hydrogens (tertiary/aromatic N) is 2. The molecule has 0 spiro atoms. The summed E-state index contributed by atoms with van der Waals surface area (Å²) < 4.78 is 6.30. The Balaban J connectivity index is 2.34. The zero-order chi connectivity index (χ0) is 13.0. The molecule has 94 valence electrons. The largest absolute Gasteiger partial charge is 0.490 e. The Bertz CT molecular complexity index is 547. The van der Waals surface area contributed by atoms with E-state index in [1.54, 1.807) is 14.2 Å². The van der Waals surface area contributed by atoms with Crippen molar-refractivity contribution in [1.29, 1.82) is 0 Å². The van der Waals surface area contributed by atoms with E-state index >= 15 is 0 Å². The molecule has 0 saturated heterocycles. The van der Waals surface area contributed by atoms with Crippen molar-refractivity contribution in [3.63, 3.8) is 0 Å². The van der Waals surface area contributed by atoms with E-state index in [1.807, 2.05) is 24.3 Å². The maximum Gasteiger partial charge on any atom is 0.204 e. The molecular formula is C12H13BrN4O. The minimum Gasteiger partial charge on any atom is -0.490 e. The molecule has 0 saturated carbocycles. The van der Waals surface area contributed by atoms with Crippen LogP contribution in [-0.2, 0) is 0 Å². The van der Waals surface area contributed by atoms with Gasteiger partial charge in [-0.3, -0.25) is 0 Å². The monoisotopic (exact) mass is 308 g/mol. The third-order valence-corrected chi connectivity index (χ3v) is 2.83. The van der Waals surface area contributed by atoms with Crippen molar-refractivity contribution in [1.82, 2.24) is 9.97 Å². The molecule has 0 atom stereocenters. The van der Waals surface area contributed by atoms with Gasteiger partial charge in [-0.1, -0.05) is 22.0 Å². The quantitative estimate of drug-likeness (QED) is 0.909.